The third-order valence-corrected chi connectivity index (χ3v) is 9.52. The van der Waals surface area contributed by atoms with E-state index in [0.29, 0.717) is 0 Å². The minimum Gasteiger partial charge on any atom is -0.396 e. The average Bonchev–Trinajstić information content (AvgIpc) is 2.39. The Morgan fingerprint density at radius 3 is 1.42 bits per heavy atom. The van der Waals surface area contributed by atoms with Gasteiger partial charge in [-0.1, -0.05) is 0 Å². The van der Waals surface area contributed by atoms with E-state index in [2.05, 4.69) is 0 Å². The van der Waals surface area contributed by atoms with Crippen LogP contribution in [-0.4, -0.2) is 92.9 Å². The highest BCUT2D eigenvalue weighted by atomic mass is 32.3. The lowest BCUT2D eigenvalue weighted by Crippen LogP contribution is -2.24. The van der Waals surface area contributed by atoms with Gasteiger partial charge in [-0.2, -0.15) is 23.5 Å². The highest BCUT2D eigenvalue weighted by Gasteiger charge is 2.22. The van der Waals surface area contributed by atoms with Crippen LogP contribution in [0.5, 0.6) is 0 Å². The summed E-state index contributed by atoms with van der Waals surface area (Å²) < 4.78 is 0. The highest BCUT2D eigenvalue weighted by molar-refractivity contribution is 8.34. The minimum atomic E-state index is -1.06. The van der Waals surface area contributed by atoms with E-state index < -0.39 is 10.0 Å². The molecule has 0 spiro atoms. The van der Waals surface area contributed by atoms with E-state index in [0.717, 1.165) is 46.0 Å². The van der Waals surface area contributed by atoms with Crippen molar-refractivity contribution >= 4 is 33.6 Å². The Morgan fingerprint density at radius 1 is 0.526 bits per heavy atom. The van der Waals surface area contributed by atoms with Crippen LogP contribution in [0.2, 0.25) is 0 Å². The Labute approximate surface area is 126 Å². The van der Waals surface area contributed by atoms with Gasteiger partial charge >= 0.3 is 0 Å². The lowest BCUT2D eigenvalue weighted by molar-refractivity contribution is 0.311. The first-order valence-corrected chi connectivity index (χ1v) is 11.2. The van der Waals surface area contributed by atoms with Crippen molar-refractivity contribution < 1.29 is 20.4 Å². The second-order valence-electron chi connectivity index (χ2n) is 4.16. The molecular weight excluding hydrogens is 304 g/mol. The molecule has 0 aliphatic heterocycles. The van der Waals surface area contributed by atoms with Gasteiger partial charge in [-0.25, -0.2) is 10.0 Å². The number of hydrogen-bond acceptors (Lipinski definition) is 6. The molecule has 0 fully saturated rings. The molecule has 4 nitrogen and oxygen atoms in total. The molecule has 0 heterocycles. The van der Waals surface area contributed by atoms with Crippen molar-refractivity contribution in [3.05, 3.63) is 0 Å². The molecule has 0 saturated carbocycles. The Kier molecular flexibility index (Phi) is 14.5. The third kappa shape index (κ3) is 10.3. The summed E-state index contributed by atoms with van der Waals surface area (Å²) in [6.45, 7) is 0.678. The van der Waals surface area contributed by atoms with Gasteiger partial charge in [0.05, 0.1) is 26.4 Å². The lowest BCUT2D eigenvalue weighted by atomic mass is 10.8. The van der Waals surface area contributed by atoms with Gasteiger partial charge in [0, 0.05) is 40.3 Å². The number of aliphatic hydroxyl groups is 4. The molecule has 0 rings (SSSR count). The SMILES string of the molecule is OCCSCCSCCS(CCO)(CCO)CCO. The maximum Gasteiger partial charge on any atom is 0.0521 e. The van der Waals surface area contributed by atoms with Crippen molar-refractivity contribution in [3.8, 4) is 0 Å². The van der Waals surface area contributed by atoms with Crippen LogP contribution in [-0.2, 0) is 0 Å². The van der Waals surface area contributed by atoms with Gasteiger partial charge in [0.15, 0.2) is 0 Å². The van der Waals surface area contributed by atoms with Gasteiger partial charge in [0.1, 0.15) is 0 Å². The summed E-state index contributed by atoms with van der Waals surface area (Å²) in [5, 5.41) is 36.2. The van der Waals surface area contributed by atoms with Gasteiger partial charge in [0.2, 0.25) is 0 Å². The normalized spacial score (nSPS) is 12.8. The fourth-order valence-electron chi connectivity index (χ4n) is 1.82. The van der Waals surface area contributed by atoms with Gasteiger partial charge < -0.3 is 20.4 Å². The number of rotatable bonds is 14. The predicted molar refractivity (Wildman–Crippen MR) is 90.1 cm³/mol. The summed E-state index contributed by atoms with van der Waals surface area (Å²) in [5.74, 6) is 7.13. The quantitative estimate of drug-likeness (QED) is 0.341. The second kappa shape index (κ2) is 13.9. The molecule has 0 aromatic heterocycles. The van der Waals surface area contributed by atoms with Crippen molar-refractivity contribution in [2.75, 3.05) is 72.5 Å². The summed E-state index contributed by atoms with van der Waals surface area (Å²) in [5.41, 5.74) is 0. The number of aliphatic hydroxyl groups excluding tert-OH is 4. The van der Waals surface area contributed by atoms with E-state index >= 15 is 0 Å². The van der Waals surface area contributed by atoms with Crippen LogP contribution < -0.4 is 0 Å². The molecular formula is C12H28O4S3. The van der Waals surface area contributed by atoms with Crippen LogP contribution in [0.25, 0.3) is 0 Å². The molecule has 19 heavy (non-hydrogen) atoms. The smallest absolute Gasteiger partial charge is 0.0521 e. The summed E-state index contributed by atoms with van der Waals surface area (Å²) in [6, 6.07) is 0. The van der Waals surface area contributed by atoms with Crippen molar-refractivity contribution in [3.63, 3.8) is 0 Å². The first kappa shape index (κ1) is 19.9. The van der Waals surface area contributed by atoms with Gasteiger partial charge in [-0.15, -0.1) is 0 Å². The van der Waals surface area contributed by atoms with Gasteiger partial charge in [0.25, 0.3) is 0 Å². The molecule has 0 amide bonds. The van der Waals surface area contributed by atoms with E-state index in [1.165, 1.54) is 0 Å². The van der Waals surface area contributed by atoms with Crippen molar-refractivity contribution in [1.82, 2.24) is 0 Å². The van der Waals surface area contributed by atoms with Crippen LogP contribution in [0, 0.1) is 0 Å². The Bertz CT molecular complexity index is 179. The molecule has 0 radical (unpaired) electrons. The van der Waals surface area contributed by atoms with Crippen molar-refractivity contribution in [2.45, 2.75) is 0 Å². The van der Waals surface area contributed by atoms with E-state index in [9.17, 15) is 15.3 Å². The van der Waals surface area contributed by atoms with Crippen LogP contribution in [0.1, 0.15) is 0 Å². The van der Waals surface area contributed by atoms with Crippen LogP contribution in [0.15, 0.2) is 0 Å². The van der Waals surface area contributed by atoms with Crippen molar-refractivity contribution in [2.24, 2.45) is 0 Å². The van der Waals surface area contributed by atoms with Gasteiger partial charge in [-0.05, 0) is 5.75 Å². The summed E-state index contributed by atoms with van der Waals surface area (Å²) in [4.78, 5) is 0. The van der Waals surface area contributed by atoms with Crippen LogP contribution in [0.4, 0.5) is 0 Å². The molecule has 0 aliphatic rings. The number of thioether (sulfide) groups is 2. The zero-order chi connectivity index (χ0) is 14.4. The molecule has 4 N–H and O–H groups in total. The predicted octanol–water partition coefficient (Wildman–Crippen LogP) is 0.227. The molecule has 0 bridgehead atoms. The van der Waals surface area contributed by atoms with E-state index in [1.807, 2.05) is 11.8 Å². The zero-order valence-electron chi connectivity index (χ0n) is 11.5. The molecule has 0 aliphatic carbocycles. The van der Waals surface area contributed by atoms with Gasteiger partial charge in [-0.3, -0.25) is 0 Å². The molecule has 0 aromatic rings. The summed E-state index contributed by atoms with van der Waals surface area (Å²) in [7, 11) is -1.06. The molecule has 0 unspecified atom stereocenters. The molecule has 7 heteroatoms. The zero-order valence-corrected chi connectivity index (χ0v) is 13.9. The third-order valence-electron chi connectivity index (χ3n) is 2.84. The number of hydrogen-bond donors (Lipinski definition) is 4. The Morgan fingerprint density at radius 2 is 1.00 bits per heavy atom. The molecule has 0 saturated heterocycles. The summed E-state index contributed by atoms with van der Waals surface area (Å²) in [6.07, 6.45) is 0. The summed E-state index contributed by atoms with van der Waals surface area (Å²) >= 11 is 3.64. The second-order valence-corrected chi connectivity index (χ2v) is 10.7. The van der Waals surface area contributed by atoms with E-state index in [-0.39, 0.29) is 26.4 Å². The minimum absolute atomic E-state index is 0.145. The monoisotopic (exact) mass is 332 g/mol. The van der Waals surface area contributed by atoms with Crippen LogP contribution in [0.3, 0.4) is 0 Å². The fraction of sp³-hybridized carbons (Fsp3) is 1.00. The van der Waals surface area contributed by atoms with Crippen molar-refractivity contribution in [1.29, 1.82) is 0 Å². The molecule has 0 atom stereocenters. The standard InChI is InChI=1S/C12H28O4S3/c13-1-5-17-6-7-18-8-12-19(9-2-14,10-3-15)11-4-16/h13-16H,1-12H2. The lowest BCUT2D eigenvalue weighted by Gasteiger charge is -2.39. The van der Waals surface area contributed by atoms with Crippen LogP contribution >= 0.6 is 33.6 Å². The first-order valence-electron chi connectivity index (χ1n) is 6.57. The fourth-order valence-corrected chi connectivity index (χ4v) is 7.57. The first-order chi connectivity index (χ1) is 9.24. The Balaban J connectivity index is 3.89. The molecule has 118 valence electrons. The van der Waals surface area contributed by atoms with E-state index in [4.69, 9.17) is 5.11 Å². The maximum absolute atomic E-state index is 9.18. The maximum atomic E-state index is 9.18. The largest absolute Gasteiger partial charge is 0.396 e. The molecule has 0 aromatic carbocycles. The topological polar surface area (TPSA) is 80.9 Å². The Hall–Kier alpha value is 0.890. The average molecular weight is 333 g/mol. The van der Waals surface area contributed by atoms with E-state index in [1.54, 1.807) is 11.8 Å². The highest BCUT2D eigenvalue weighted by Crippen LogP contribution is 2.47.